The quantitative estimate of drug-likeness (QED) is 0.286. The molecule has 0 aliphatic rings. The number of benzene rings is 2. The number of pyridine rings is 1. The number of aryl methyl sites for hydroxylation is 1. The molecule has 0 spiro atoms. The average Bonchev–Trinajstić information content (AvgIpc) is 3.19. The molecule has 0 N–H and O–H groups in total. The lowest BCUT2D eigenvalue weighted by Crippen LogP contribution is -2.30. The zero-order valence-corrected chi connectivity index (χ0v) is 19.9. The number of thioether (sulfide) groups is 1. The summed E-state index contributed by atoms with van der Waals surface area (Å²) >= 11 is 9.52. The maximum absolute atomic E-state index is 13.6. The highest BCUT2D eigenvalue weighted by Gasteiger charge is 2.23. The Morgan fingerprint density at radius 1 is 1.16 bits per heavy atom. The standard InChI is InChI=1S/C24H22ClN3OS2/c1-15(2)30-19-9-6-7-17(13-19)23(29)28(14-18-8-4-5-12-26-18)24-27-22-16(3)20(25)10-11-21(22)31-24/h4-13,15H,14H2,1-3H3. The van der Waals surface area contributed by atoms with Crippen molar-refractivity contribution >= 4 is 56.0 Å². The van der Waals surface area contributed by atoms with Gasteiger partial charge in [0.1, 0.15) is 0 Å². The van der Waals surface area contributed by atoms with E-state index in [2.05, 4.69) is 18.8 Å². The molecule has 0 bridgehead atoms. The molecule has 4 nitrogen and oxygen atoms in total. The molecule has 0 atom stereocenters. The van der Waals surface area contributed by atoms with Gasteiger partial charge in [-0.3, -0.25) is 14.7 Å². The summed E-state index contributed by atoms with van der Waals surface area (Å²) in [5, 5.41) is 1.75. The maximum atomic E-state index is 13.6. The number of halogens is 1. The zero-order valence-electron chi connectivity index (χ0n) is 17.5. The van der Waals surface area contributed by atoms with Gasteiger partial charge in [0, 0.05) is 26.9 Å². The maximum Gasteiger partial charge on any atom is 0.260 e. The van der Waals surface area contributed by atoms with Crippen molar-refractivity contribution in [3.63, 3.8) is 0 Å². The van der Waals surface area contributed by atoms with E-state index in [0.29, 0.717) is 27.5 Å². The van der Waals surface area contributed by atoms with Crippen molar-refractivity contribution in [2.45, 2.75) is 37.5 Å². The van der Waals surface area contributed by atoms with Crippen molar-refractivity contribution in [2.75, 3.05) is 4.90 Å². The third-order valence-corrected chi connectivity index (χ3v) is 7.16. The molecule has 0 radical (unpaired) electrons. The molecule has 31 heavy (non-hydrogen) atoms. The monoisotopic (exact) mass is 467 g/mol. The summed E-state index contributed by atoms with van der Waals surface area (Å²) in [6.07, 6.45) is 1.74. The number of hydrogen-bond donors (Lipinski definition) is 0. The molecule has 0 fully saturated rings. The van der Waals surface area contributed by atoms with Gasteiger partial charge in [0.15, 0.2) is 5.13 Å². The van der Waals surface area contributed by atoms with Gasteiger partial charge in [-0.25, -0.2) is 4.98 Å². The van der Waals surface area contributed by atoms with Gasteiger partial charge in [0.05, 0.1) is 22.5 Å². The Morgan fingerprint density at radius 2 is 2.00 bits per heavy atom. The summed E-state index contributed by atoms with van der Waals surface area (Å²) in [6.45, 7) is 6.57. The fourth-order valence-corrected chi connectivity index (χ4v) is 5.29. The average molecular weight is 468 g/mol. The third-order valence-electron chi connectivity index (χ3n) is 4.71. The van der Waals surface area contributed by atoms with Gasteiger partial charge in [-0.05, 0) is 55.0 Å². The largest absolute Gasteiger partial charge is 0.278 e. The predicted octanol–water partition coefficient (Wildman–Crippen LogP) is 7.00. The fourth-order valence-electron chi connectivity index (χ4n) is 3.21. The molecule has 7 heteroatoms. The number of hydrogen-bond acceptors (Lipinski definition) is 5. The molecule has 0 aliphatic carbocycles. The Morgan fingerprint density at radius 3 is 2.74 bits per heavy atom. The molecule has 1 amide bonds. The van der Waals surface area contributed by atoms with Crippen molar-refractivity contribution in [3.05, 3.63) is 82.6 Å². The number of thiazole rings is 1. The highest BCUT2D eigenvalue weighted by atomic mass is 35.5. The zero-order chi connectivity index (χ0) is 22.0. The van der Waals surface area contributed by atoms with Crippen molar-refractivity contribution in [2.24, 2.45) is 0 Å². The molecular weight excluding hydrogens is 446 g/mol. The van der Waals surface area contributed by atoms with E-state index >= 15 is 0 Å². The third kappa shape index (κ3) is 4.92. The van der Waals surface area contributed by atoms with Gasteiger partial charge in [-0.15, -0.1) is 11.8 Å². The number of amides is 1. The van der Waals surface area contributed by atoms with E-state index in [9.17, 15) is 4.79 Å². The summed E-state index contributed by atoms with van der Waals surface area (Å²) in [7, 11) is 0. The number of anilines is 1. The Kier molecular flexibility index (Phi) is 6.60. The smallest absolute Gasteiger partial charge is 0.260 e. The van der Waals surface area contributed by atoms with Gasteiger partial charge in [-0.1, -0.05) is 48.9 Å². The van der Waals surface area contributed by atoms with Crippen LogP contribution < -0.4 is 4.90 Å². The Hall–Kier alpha value is -2.41. The highest BCUT2D eigenvalue weighted by Crippen LogP contribution is 2.35. The lowest BCUT2D eigenvalue weighted by Gasteiger charge is -2.20. The Bertz CT molecular complexity index is 1220. The van der Waals surface area contributed by atoms with Gasteiger partial charge in [0.2, 0.25) is 0 Å². The van der Waals surface area contributed by atoms with Crippen LogP contribution in [0.1, 0.15) is 35.5 Å². The van der Waals surface area contributed by atoms with Crippen LogP contribution in [0.25, 0.3) is 10.2 Å². The van der Waals surface area contributed by atoms with Crippen LogP contribution in [0, 0.1) is 6.92 Å². The molecule has 0 saturated carbocycles. The topological polar surface area (TPSA) is 46.1 Å². The molecule has 2 aromatic carbocycles. The first-order valence-electron chi connectivity index (χ1n) is 9.96. The molecule has 4 rings (SSSR count). The van der Waals surface area contributed by atoms with Crippen LogP contribution >= 0.6 is 34.7 Å². The summed E-state index contributed by atoms with van der Waals surface area (Å²) in [5.74, 6) is -0.0975. The molecule has 158 valence electrons. The number of carbonyl (C=O) groups excluding carboxylic acids is 1. The predicted molar refractivity (Wildman–Crippen MR) is 132 cm³/mol. The molecule has 4 aromatic rings. The number of rotatable bonds is 6. The Balaban J connectivity index is 1.76. The SMILES string of the molecule is Cc1c(Cl)ccc2sc(N(Cc3ccccn3)C(=O)c3cccc(SC(C)C)c3)nc12. The van der Waals surface area contributed by atoms with E-state index in [1.165, 1.54) is 11.3 Å². The van der Waals surface area contributed by atoms with E-state index in [4.69, 9.17) is 16.6 Å². The summed E-state index contributed by atoms with van der Waals surface area (Å²) in [5.41, 5.74) is 3.19. The molecule has 0 unspecified atom stereocenters. The van der Waals surface area contributed by atoms with Crippen LogP contribution in [-0.4, -0.2) is 21.1 Å². The van der Waals surface area contributed by atoms with Crippen LogP contribution in [-0.2, 0) is 6.54 Å². The van der Waals surface area contributed by atoms with Crippen LogP contribution in [0.4, 0.5) is 5.13 Å². The van der Waals surface area contributed by atoms with E-state index < -0.39 is 0 Å². The number of aromatic nitrogens is 2. The summed E-state index contributed by atoms with van der Waals surface area (Å²) in [6, 6.07) is 17.3. The second-order valence-corrected chi connectivity index (χ2v) is 10.5. The second-order valence-electron chi connectivity index (χ2n) is 7.42. The van der Waals surface area contributed by atoms with Gasteiger partial charge in [-0.2, -0.15) is 0 Å². The first-order valence-corrected chi connectivity index (χ1v) is 12.0. The van der Waals surface area contributed by atoms with Crippen molar-refractivity contribution < 1.29 is 4.79 Å². The fraction of sp³-hybridized carbons (Fsp3) is 0.208. The first-order chi connectivity index (χ1) is 14.9. The highest BCUT2D eigenvalue weighted by molar-refractivity contribution is 7.99. The first kappa shape index (κ1) is 21.8. The van der Waals surface area contributed by atoms with E-state index in [1.54, 1.807) is 22.9 Å². The molecule has 0 saturated heterocycles. The normalized spacial score (nSPS) is 11.3. The van der Waals surface area contributed by atoms with Crippen LogP contribution in [0.2, 0.25) is 5.02 Å². The lowest BCUT2D eigenvalue weighted by molar-refractivity contribution is 0.0984. The minimum Gasteiger partial charge on any atom is -0.278 e. The number of carbonyl (C=O) groups is 1. The summed E-state index contributed by atoms with van der Waals surface area (Å²) in [4.78, 5) is 25.6. The van der Waals surface area contributed by atoms with Gasteiger partial charge >= 0.3 is 0 Å². The second kappa shape index (κ2) is 9.39. The van der Waals surface area contributed by atoms with Crippen molar-refractivity contribution in [1.82, 2.24) is 9.97 Å². The van der Waals surface area contributed by atoms with Gasteiger partial charge < -0.3 is 0 Å². The molecule has 2 heterocycles. The van der Waals surface area contributed by atoms with Crippen molar-refractivity contribution in [1.29, 1.82) is 0 Å². The van der Waals surface area contributed by atoms with E-state index in [-0.39, 0.29) is 5.91 Å². The van der Waals surface area contributed by atoms with Crippen LogP contribution in [0.5, 0.6) is 0 Å². The minimum atomic E-state index is -0.0975. The minimum absolute atomic E-state index is 0.0975. The number of nitrogens with zero attached hydrogens (tertiary/aromatic N) is 3. The Labute approximate surface area is 195 Å². The van der Waals surface area contributed by atoms with Crippen LogP contribution in [0.15, 0.2) is 65.7 Å². The molecular formula is C24H22ClN3OS2. The van der Waals surface area contributed by atoms with Crippen LogP contribution in [0.3, 0.4) is 0 Å². The van der Waals surface area contributed by atoms with E-state index in [1.807, 2.05) is 61.5 Å². The lowest BCUT2D eigenvalue weighted by atomic mass is 10.2. The molecule has 0 aliphatic heterocycles. The van der Waals surface area contributed by atoms with E-state index in [0.717, 1.165) is 26.4 Å². The molecule has 2 aromatic heterocycles. The van der Waals surface area contributed by atoms with Gasteiger partial charge in [0.25, 0.3) is 5.91 Å². The number of fused-ring (bicyclic) bond motifs is 1. The van der Waals surface area contributed by atoms with Crippen molar-refractivity contribution in [3.8, 4) is 0 Å². The summed E-state index contributed by atoms with van der Waals surface area (Å²) < 4.78 is 1.000.